The fourth-order valence-electron chi connectivity index (χ4n) is 2.62. The summed E-state index contributed by atoms with van der Waals surface area (Å²) in [7, 11) is 1.36. The molecular weight excluding hydrogens is 386 g/mol. The van der Waals surface area contributed by atoms with Gasteiger partial charge in [-0.1, -0.05) is 17.8 Å². The number of carbonyl (C=O) groups is 2. The van der Waals surface area contributed by atoms with E-state index in [0.29, 0.717) is 30.0 Å². The molecule has 1 aromatic heterocycles. The van der Waals surface area contributed by atoms with E-state index >= 15 is 0 Å². The Morgan fingerprint density at radius 1 is 1.33 bits per heavy atom. The summed E-state index contributed by atoms with van der Waals surface area (Å²) in [6, 6.07) is 5.95. The van der Waals surface area contributed by atoms with Crippen molar-refractivity contribution in [2.75, 3.05) is 31.7 Å². The van der Waals surface area contributed by atoms with Gasteiger partial charge in [0.25, 0.3) is 5.22 Å². The lowest BCUT2D eigenvalue weighted by molar-refractivity contribution is -0.141. The van der Waals surface area contributed by atoms with Crippen LogP contribution in [0.4, 0.5) is 0 Å². The monoisotopic (exact) mass is 407 g/mol. The SMILES string of the molecule is COC(=O)[C@@H]1CN(C(=O)CSc2nnc(-c3ccc(C)c(C)c3)o2)CCS1. The van der Waals surface area contributed by atoms with Crippen molar-refractivity contribution in [3.05, 3.63) is 29.3 Å². The third kappa shape index (κ3) is 4.84. The van der Waals surface area contributed by atoms with Crippen molar-refractivity contribution in [2.24, 2.45) is 0 Å². The summed E-state index contributed by atoms with van der Waals surface area (Å²) in [5.74, 6) is 0.995. The molecule has 0 unspecified atom stereocenters. The number of aromatic nitrogens is 2. The van der Waals surface area contributed by atoms with E-state index in [1.165, 1.54) is 36.2 Å². The Morgan fingerprint density at radius 3 is 2.89 bits per heavy atom. The maximum atomic E-state index is 12.4. The highest BCUT2D eigenvalue weighted by molar-refractivity contribution is 8.00. The number of hydrogen-bond donors (Lipinski definition) is 0. The number of hydrogen-bond acceptors (Lipinski definition) is 8. The van der Waals surface area contributed by atoms with Crippen LogP contribution in [-0.4, -0.2) is 63.9 Å². The highest BCUT2D eigenvalue weighted by atomic mass is 32.2. The standard InChI is InChI=1S/C18H21N3O4S2/c1-11-4-5-13(8-12(11)2)16-19-20-18(25-16)27-10-15(22)21-6-7-26-14(9-21)17(23)24-3/h4-5,8,14H,6-7,9-10H2,1-3H3/t14-/m0/s1. The average molecular weight is 408 g/mol. The first-order valence-corrected chi connectivity index (χ1v) is 10.5. The van der Waals surface area contributed by atoms with Gasteiger partial charge < -0.3 is 14.1 Å². The van der Waals surface area contributed by atoms with Gasteiger partial charge in [0.1, 0.15) is 5.25 Å². The zero-order chi connectivity index (χ0) is 19.4. The van der Waals surface area contributed by atoms with Crippen LogP contribution in [0.5, 0.6) is 0 Å². The Balaban J connectivity index is 1.57. The minimum atomic E-state index is -0.322. The predicted molar refractivity (Wildman–Crippen MR) is 105 cm³/mol. The van der Waals surface area contributed by atoms with Crippen molar-refractivity contribution in [3.63, 3.8) is 0 Å². The Labute approximate surface area is 166 Å². The van der Waals surface area contributed by atoms with Crippen molar-refractivity contribution < 1.29 is 18.7 Å². The van der Waals surface area contributed by atoms with E-state index < -0.39 is 0 Å². The molecule has 1 aliphatic rings. The first-order chi connectivity index (χ1) is 13.0. The lowest BCUT2D eigenvalue weighted by Gasteiger charge is -2.30. The molecule has 3 rings (SSSR count). The number of amides is 1. The summed E-state index contributed by atoms with van der Waals surface area (Å²) >= 11 is 2.72. The molecule has 27 heavy (non-hydrogen) atoms. The molecule has 2 heterocycles. The van der Waals surface area contributed by atoms with Crippen LogP contribution in [0.25, 0.3) is 11.5 Å². The van der Waals surface area contributed by atoms with Crippen LogP contribution in [0, 0.1) is 13.8 Å². The number of esters is 1. The molecule has 1 atom stereocenters. The van der Waals surface area contributed by atoms with Gasteiger partial charge in [-0.15, -0.1) is 22.0 Å². The maximum Gasteiger partial charge on any atom is 0.320 e. The van der Waals surface area contributed by atoms with Crippen molar-refractivity contribution in [1.29, 1.82) is 0 Å². The molecule has 1 saturated heterocycles. The molecule has 2 aromatic rings. The van der Waals surface area contributed by atoms with E-state index in [-0.39, 0.29) is 22.9 Å². The van der Waals surface area contributed by atoms with Crippen LogP contribution in [0.2, 0.25) is 0 Å². The average Bonchev–Trinajstić information content (AvgIpc) is 3.16. The number of nitrogens with zero attached hydrogens (tertiary/aromatic N) is 3. The summed E-state index contributed by atoms with van der Waals surface area (Å²) < 4.78 is 10.4. The number of aryl methyl sites for hydroxylation is 2. The number of ether oxygens (including phenoxy) is 1. The normalized spacial score (nSPS) is 17.0. The van der Waals surface area contributed by atoms with Gasteiger partial charge >= 0.3 is 5.97 Å². The van der Waals surface area contributed by atoms with E-state index in [9.17, 15) is 9.59 Å². The number of benzene rings is 1. The van der Waals surface area contributed by atoms with Gasteiger partial charge in [-0.3, -0.25) is 9.59 Å². The lowest BCUT2D eigenvalue weighted by Crippen LogP contribution is -2.45. The molecule has 0 bridgehead atoms. The fraction of sp³-hybridized carbons (Fsp3) is 0.444. The zero-order valence-corrected chi connectivity index (χ0v) is 17.1. The minimum Gasteiger partial charge on any atom is -0.468 e. The third-order valence-corrected chi connectivity index (χ3v) is 6.33. The van der Waals surface area contributed by atoms with Crippen LogP contribution in [0.1, 0.15) is 11.1 Å². The highest BCUT2D eigenvalue weighted by Gasteiger charge is 2.29. The van der Waals surface area contributed by atoms with E-state index in [0.717, 1.165) is 11.1 Å². The van der Waals surface area contributed by atoms with Gasteiger partial charge in [-0.25, -0.2) is 0 Å². The third-order valence-electron chi connectivity index (χ3n) is 4.36. The number of rotatable bonds is 5. The molecule has 1 fully saturated rings. The summed E-state index contributed by atoms with van der Waals surface area (Å²) in [4.78, 5) is 25.8. The summed E-state index contributed by atoms with van der Waals surface area (Å²) in [5, 5.41) is 8.11. The Morgan fingerprint density at radius 2 is 2.15 bits per heavy atom. The van der Waals surface area contributed by atoms with E-state index in [2.05, 4.69) is 10.2 Å². The highest BCUT2D eigenvalue weighted by Crippen LogP contribution is 2.26. The Bertz CT molecular complexity index is 840. The van der Waals surface area contributed by atoms with E-state index in [4.69, 9.17) is 9.15 Å². The first kappa shape index (κ1) is 19.8. The van der Waals surface area contributed by atoms with E-state index in [1.807, 2.05) is 32.0 Å². The second-order valence-electron chi connectivity index (χ2n) is 6.18. The predicted octanol–water partition coefficient (Wildman–Crippen LogP) is 2.56. The van der Waals surface area contributed by atoms with Crippen LogP contribution in [-0.2, 0) is 14.3 Å². The van der Waals surface area contributed by atoms with Crippen molar-refractivity contribution in [2.45, 2.75) is 24.3 Å². The molecule has 1 amide bonds. The summed E-state index contributed by atoms with van der Waals surface area (Å²) in [6.45, 7) is 5.06. The molecule has 144 valence electrons. The molecule has 0 aliphatic carbocycles. The second kappa shape index (κ2) is 8.79. The largest absolute Gasteiger partial charge is 0.468 e. The smallest absolute Gasteiger partial charge is 0.320 e. The van der Waals surface area contributed by atoms with E-state index in [1.54, 1.807) is 4.90 Å². The van der Waals surface area contributed by atoms with Crippen molar-refractivity contribution >= 4 is 35.4 Å². The zero-order valence-electron chi connectivity index (χ0n) is 15.4. The first-order valence-electron chi connectivity index (χ1n) is 8.49. The number of carbonyl (C=O) groups excluding carboxylic acids is 2. The maximum absolute atomic E-state index is 12.4. The molecule has 0 saturated carbocycles. The van der Waals surface area contributed by atoms with Gasteiger partial charge in [-0.05, 0) is 37.1 Å². The van der Waals surface area contributed by atoms with Gasteiger partial charge in [0.15, 0.2) is 0 Å². The van der Waals surface area contributed by atoms with Crippen LogP contribution < -0.4 is 0 Å². The molecule has 0 N–H and O–H groups in total. The van der Waals surface area contributed by atoms with Gasteiger partial charge in [0, 0.05) is 24.4 Å². The molecule has 1 aromatic carbocycles. The molecule has 0 radical (unpaired) electrons. The fourth-order valence-corrected chi connectivity index (χ4v) is 4.42. The van der Waals surface area contributed by atoms with Gasteiger partial charge in [0.2, 0.25) is 11.8 Å². The number of methoxy groups -OCH3 is 1. The molecule has 7 nitrogen and oxygen atoms in total. The lowest BCUT2D eigenvalue weighted by atomic mass is 10.1. The Kier molecular flexibility index (Phi) is 6.43. The van der Waals surface area contributed by atoms with Crippen molar-refractivity contribution in [3.8, 4) is 11.5 Å². The van der Waals surface area contributed by atoms with Crippen LogP contribution >= 0.6 is 23.5 Å². The van der Waals surface area contributed by atoms with Crippen molar-refractivity contribution in [1.82, 2.24) is 15.1 Å². The van der Waals surface area contributed by atoms with Gasteiger partial charge in [-0.2, -0.15) is 0 Å². The molecule has 0 spiro atoms. The number of thioether (sulfide) groups is 2. The topological polar surface area (TPSA) is 85.5 Å². The van der Waals surface area contributed by atoms with Gasteiger partial charge in [0.05, 0.1) is 12.9 Å². The van der Waals surface area contributed by atoms with Crippen LogP contribution in [0.15, 0.2) is 27.8 Å². The summed E-state index contributed by atoms with van der Waals surface area (Å²) in [5.41, 5.74) is 3.21. The quantitative estimate of drug-likeness (QED) is 0.552. The second-order valence-corrected chi connectivity index (χ2v) is 8.42. The molecule has 9 heteroatoms. The Hall–Kier alpha value is -2.00. The molecule has 1 aliphatic heterocycles. The minimum absolute atomic E-state index is 0.0554. The summed E-state index contributed by atoms with van der Waals surface area (Å²) in [6.07, 6.45) is 0. The van der Waals surface area contributed by atoms with Crippen LogP contribution in [0.3, 0.4) is 0 Å². The molecular formula is C18H21N3O4S2.